The number of carbonyl (C=O) groups excluding carboxylic acids is 1. The van der Waals surface area contributed by atoms with Crippen LogP contribution < -0.4 is 15.4 Å². The number of benzene rings is 1. The van der Waals surface area contributed by atoms with E-state index in [2.05, 4.69) is 6.92 Å². The van der Waals surface area contributed by atoms with Gasteiger partial charge in [-0.3, -0.25) is 4.79 Å². The second kappa shape index (κ2) is 6.23. The van der Waals surface area contributed by atoms with Gasteiger partial charge in [0.1, 0.15) is 0 Å². The van der Waals surface area contributed by atoms with Gasteiger partial charge in [0.05, 0.1) is 5.69 Å². The highest BCUT2D eigenvalue weighted by atomic mass is 32.1. The molecule has 22 heavy (non-hydrogen) atoms. The molecule has 1 aliphatic rings. The van der Waals surface area contributed by atoms with E-state index in [1.807, 2.05) is 23.6 Å². The average molecular weight is 314 g/mol. The molecule has 0 aliphatic carbocycles. The second-order valence-electron chi connectivity index (χ2n) is 5.16. The fourth-order valence-electron chi connectivity index (χ4n) is 2.37. The van der Waals surface area contributed by atoms with Gasteiger partial charge < -0.3 is 15.4 Å². The van der Waals surface area contributed by atoms with Crippen LogP contribution >= 0.6 is 11.3 Å². The number of hydrogen-bond acceptors (Lipinski definition) is 4. The predicted molar refractivity (Wildman–Crippen MR) is 91.0 cm³/mol. The summed E-state index contributed by atoms with van der Waals surface area (Å²) in [5.41, 5.74) is 7.23. The zero-order valence-corrected chi connectivity index (χ0v) is 13.2. The van der Waals surface area contributed by atoms with Crippen LogP contribution in [0.25, 0.3) is 6.08 Å². The third-order valence-electron chi connectivity index (χ3n) is 3.50. The number of nitrogen functional groups attached to an aromatic ring is 1. The molecule has 1 aromatic heterocycles. The number of nitrogens with two attached hydrogens (primary N) is 1. The minimum atomic E-state index is -0.111. The molecule has 114 valence electrons. The van der Waals surface area contributed by atoms with Gasteiger partial charge in [0.2, 0.25) is 0 Å². The highest BCUT2D eigenvalue weighted by Gasteiger charge is 2.30. The Labute approximate surface area is 133 Å². The second-order valence-corrected chi connectivity index (χ2v) is 6.14. The number of thiophene rings is 1. The molecule has 0 atom stereocenters. The lowest BCUT2D eigenvalue weighted by Gasteiger charge is -2.30. The van der Waals surface area contributed by atoms with Gasteiger partial charge in [-0.25, -0.2) is 0 Å². The fraction of sp³-hybridized carbons (Fsp3) is 0.235. The molecule has 1 amide bonds. The summed E-state index contributed by atoms with van der Waals surface area (Å²) < 4.78 is 5.80. The zero-order valence-electron chi connectivity index (χ0n) is 12.4. The van der Waals surface area contributed by atoms with E-state index in [-0.39, 0.29) is 5.91 Å². The molecule has 1 aromatic carbocycles. The molecule has 2 heterocycles. The maximum atomic E-state index is 12.7. The predicted octanol–water partition coefficient (Wildman–Crippen LogP) is 3.90. The van der Waals surface area contributed by atoms with E-state index in [1.165, 1.54) is 0 Å². The molecular weight excluding hydrogens is 296 g/mol. The smallest absolute Gasteiger partial charge is 0.294 e. The summed E-state index contributed by atoms with van der Waals surface area (Å²) in [5, 5.41) is 1.98. The highest BCUT2D eigenvalue weighted by Crippen LogP contribution is 2.37. The van der Waals surface area contributed by atoms with Crippen molar-refractivity contribution in [2.45, 2.75) is 19.8 Å². The maximum absolute atomic E-state index is 12.7. The van der Waals surface area contributed by atoms with Crippen molar-refractivity contribution in [1.29, 1.82) is 0 Å². The summed E-state index contributed by atoms with van der Waals surface area (Å²) in [7, 11) is 0. The van der Waals surface area contributed by atoms with Crippen LogP contribution in [-0.4, -0.2) is 12.5 Å². The Hall–Kier alpha value is -2.27. The third kappa shape index (κ3) is 2.85. The van der Waals surface area contributed by atoms with Gasteiger partial charge in [0.15, 0.2) is 11.5 Å². The quantitative estimate of drug-likeness (QED) is 0.688. The summed E-state index contributed by atoms with van der Waals surface area (Å²) in [4.78, 5) is 15.5. The first-order chi connectivity index (χ1) is 10.7. The molecule has 0 saturated carbocycles. The lowest BCUT2D eigenvalue weighted by atomic mass is 10.1. The molecule has 0 spiro atoms. The van der Waals surface area contributed by atoms with Gasteiger partial charge >= 0.3 is 0 Å². The Morgan fingerprint density at radius 3 is 2.95 bits per heavy atom. The van der Waals surface area contributed by atoms with Crippen molar-refractivity contribution < 1.29 is 9.53 Å². The van der Waals surface area contributed by atoms with Crippen molar-refractivity contribution >= 4 is 34.7 Å². The Bertz CT molecular complexity index is 707. The summed E-state index contributed by atoms with van der Waals surface area (Å²) in [6.45, 7) is 2.77. The van der Waals surface area contributed by atoms with Crippen LogP contribution in [0.2, 0.25) is 0 Å². The van der Waals surface area contributed by atoms with Crippen LogP contribution in [-0.2, 0) is 4.79 Å². The third-order valence-corrected chi connectivity index (χ3v) is 4.32. The first-order valence-corrected chi connectivity index (χ1v) is 8.21. The van der Waals surface area contributed by atoms with Gasteiger partial charge in [0.25, 0.3) is 5.91 Å². The number of anilines is 2. The largest absolute Gasteiger partial charge is 0.449 e. The first kappa shape index (κ1) is 14.7. The van der Waals surface area contributed by atoms with Crippen molar-refractivity contribution in [3.05, 3.63) is 46.3 Å². The van der Waals surface area contributed by atoms with E-state index in [9.17, 15) is 4.79 Å². The van der Waals surface area contributed by atoms with Crippen molar-refractivity contribution in [3.8, 4) is 5.75 Å². The molecule has 2 N–H and O–H groups in total. The highest BCUT2D eigenvalue weighted by molar-refractivity contribution is 7.10. The first-order valence-electron chi connectivity index (χ1n) is 7.33. The van der Waals surface area contributed by atoms with Gasteiger partial charge in [0, 0.05) is 23.2 Å². The molecule has 3 rings (SSSR count). The van der Waals surface area contributed by atoms with Crippen LogP contribution in [0.3, 0.4) is 0 Å². The lowest BCUT2D eigenvalue weighted by Crippen LogP contribution is -2.38. The minimum absolute atomic E-state index is 0.111. The van der Waals surface area contributed by atoms with Crippen LogP contribution in [0.15, 0.2) is 41.5 Å². The fourth-order valence-corrected chi connectivity index (χ4v) is 3.01. The van der Waals surface area contributed by atoms with E-state index < -0.39 is 0 Å². The van der Waals surface area contributed by atoms with Gasteiger partial charge in [-0.05, 0) is 36.1 Å². The summed E-state index contributed by atoms with van der Waals surface area (Å²) >= 11 is 1.57. The number of nitrogens with zero attached hydrogens (tertiary/aromatic N) is 1. The van der Waals surface area contributed by atoms with E-state index in [0.29, 0.717) is 23.7 Å². The molecule has 0 bridgehead atoms. The van der Waals surface area contributed by atoms with Crippen LogP contribution in [0.4, 0.5) is 11.4 Å². The zero-order chi connectivity index (χ0) is 15.5. The van der Waals surface area contributed by atoms with Gasteiger partial charge in [-0.2, -0.15) is 0 Å². The molecule has 5 heteroatoms. The number of fused-ring (bicyclic) bond motifs is 1. The monoisotopic (exact) mass is 314 g/mol. The molecule has 0 fully saturated rings. The minimum Gasteiger partial charge on any atom is -0.449 e. The lowest BCUT2D eigenvalue weighted by molar-refractivity contribution is -0.117. The number of hydrogen-bond donors (Lipinski definition) is 1. The number of amides is 1. The molecule has 2 aromatic rings. The van der Waals surface area contributed by atoms with Crippen LogP contribution in [0.5, 0.6) is 5.75 Å². The van der Waals surface area contributed by atoms with Crippen LogP contribution in [0.1, 0.15) is 24.6 Å². The summed E-state index contributed by atoms with van der Waals surface area (Å²) in [5.74, 6) is 0.920. The summed E-state index contributed by atoms with van der Waals surface area (Å²) in [6.07, 6.45) is 3.75. The molecular formula is C17H18N2O2S. The van der Waals surface area contributed by atoms with E-state index in [4.69, 9.17) is 10.5 Å². The van der Waals surface area contributed by atoms with E-state index in [1.54, 1.807) is 34.4 Å². The molecule has 0 unspecified atom stereocenters. The Morgan fingerprint density at radius 1 is 1.36 bits per heavy atom. The SMILES string of the molecule is CCCCN1C(=O)/C(=C\c2cccs2)Oc2ccc(N)cc21. The van der Waals surface area contributed by atoms with Gasteiger partial charge in [-0.15, -0.1) is 11.3 Å². The Morgan fingerprint density at radius 2 is 2.23 bits per heavy atom. The summed E-state index contributed by atoms with van der Waals surface area (Å²) in [6, 6.07) is 9.32. The van der Waals surface area contributed by atoms with E-state index in [0.717, 1.165) is 23.4 Å². The van der Waals surface area contributed by atoms with Crippen molar-refractivity contribution in [3.63, 3.8) is 0 Å². The number of rotatable bonds is 4. The number of carbonyl (C=O) groups is 1. The molecule has 4 nitrogen and oxygen atoms in total. The van der Waals surface area contributed by atoms with Crippen molar-refractivity contribution in [2.24, 2.45) is 0 Å². The molecule has 0 saturated heterocycles. The number of unbranched alkanes of at least 4 members (excludes halogenated alkanes) is 1. The van der Waals surface area contributed by atoms with Crippen LogP contribution in [0, 0.1) is 0 Å². The maximum Gasteiger partial charge on any atom is 0.294 e. The number of ether oxygens (including phenoxy) is 1. The topological polar surface area (TPSA) is 55.6 Å². The van der Waals surface area contributed by atoms with Gasteiger partial charge in [-0.1, -0.05) is 19.4 Å². The Kier molecular flexibility index (Phi) is 4.15. The normalized spacial score (nSPS) is 15.8. The molecule has 1 aliphatic heterocycles. The Balaban J connectivity index is 2.00. The van der Waals surface area contributed by atoms with E-state index >= 15 is 0 Å². The average Bonchev–Trinajstić information content (AvgIpc) is 3.01. The van der Waals surface area contributed by atoms with Crippen molar-refractivity contribution in [1.82, 2.24) is 0 Å². The standard InChI is InChI=1S/C17H18N2O2S/c1-2-3-8-19-14-10-12(18)6-7-15(14)21-16(17(19)20)11-13-5-4-9-22-13/h4-7,9-11H,2-3,8,18H2,1H3/b16-11+. The molecule has 0 radical (unpaired) electrons. The van der Waals surface area contributed by atoms with Crippen molar-refractivity contribution in [2.75, 3.05) is 17.2 Å².